The highest BCUT2D eigenvalue weighted by Gasteiger charge is 2.55. The summed E-state index contributed by atoms with van der Waals surface area (Å²) in [4.78, 5) is 0. The van der Waals surface area contributed by atoms with Gasteiger partial charge in [-0.25, -0.2) is 14.0 Å². The average Bonchev–Trinajstić information content (AvgIpc) is 3.55. The Morgan fingerprint density at radius 1 is 0.552 bits per heavy atom. The Bertz CT molecular complexity index is 524. The van der Waals surface area contributed by atoms with Crippen LogP contribution in [0.4, 0.5) is 0 Å². The molecule has 5 aliphatic heterocycles. The minimum atomic E-state index is -1.83. The van der Waals surface area contributed by atoms with E-state index in [1.807, 2.05) is 0 Å². The molecule has 5 saturated heterocycles. The van der Waals surface area contributed by atoms with Gasteiger partial charge in [-0.3, -0.25) is 0 Å². The van der Waals surface area contributed by atoms with Crippen molar-refractivity contribution >= 4 is 15.4 Å². The minimum Gasteiger partial charge on any atom is -0.243 e. The lowest BCUT2D eigenvalue weighted by Gasteiger charge is -2.46. The van der Waals surface area contributed by atoms with E-state index in [-0.39, 0.29) is 7.43 Å². The van der Waals surface area contributed by atoms with Crippen LogP contribution >= 0.6 is 15.4 Å². The van der Waals surface area contributed by atoms with E-state index < -0.39 is 15.4 Å². The number of rotatable bonds is 5. The molecule has 0 spiro atoms. The van der Waals surface area contributed by atoms with Gasteiger partial charge >= 0.3 is 7.87 Å². The number of nitrogens with zero attached hydrogens (tertiary/aromatic N) is 5. The molecule has 5 fully saturated rings. The zero-order valence-electron chi connectivity index (χ0n) is 17.6. The van der Waals surface area contributed by atoms with Crippen LogP contribution in [0.15, 0.2) is 4.52 Å². The van der Waals surface area contributed by atoms with E-state index >= 15 is 0 Å². The van der Waals surface area contributed by atoms with Crippen molar-refractivity contribution in [1.82, 2.24) is 28.9 Å². The van der Waals surface area contributed by atoms with Gasteiger partial charge in [0.05, 0.1) is 0 Å². The Morgan fingerprint density at radius 3 is 1.34 bits per heavy atom. The Balaban J connectivity index is 0.00000205. The molecular formula is C20H44N7P2+. The van der Waals surface area contributed by atoms with E-state index in [0.29, 0.717) is 0 Å². The van der Waals surface area contributed by atoms with Crippen LogP contribution in [0.3, 0.4) is 0 Å². The van der Waals surface area contributed by atoms with Gasteiger partial charge in [0.1, 0.15) is 0 Å². The third-order valence-electron chi connectivity index (χ3n) is 7.15. The van der Waals surface area contributed by atoms with Crippen LogP contribution < -0.4 is 10.2 Å². The third-order valence-corrected chi connectivity index (χ3v) is 15.2. The van der Waals surface area contributed by atoms with Crippen molar-refractivity contribution < 1.29 is 0 Å². The first-order valence-electron chi connectivity index (χ1n) is 11.9. The van der Waals surface area contributed by atoms with Crippen molar-refractivity contribution in [2.24, 2.45) is 4.52 Å². The molecule has 0 unspecified atom stereocenters. The Morgan fingerprint density at radius 2 is 0.931 bits per heavy atom. The largest absolute Gasteiger partial charge is 0.352 e. The maximum absolute atomic E-state index is 6.13. The lowest BCUT2D eigenvalue weighted by atomic mass is 10.4. The second-order valence-electron chi connectivity index (χ2n) is 9.04. The maximum Gasteiger partial charge on any atom is 0.352 e. The molecule has 0 atom stereocenters. The van der Waals surface area contributed by atoms with E-state index in [0.717, 1.165) is 13.1 Å². The fourth-order valence-electron chi connectivity index (χ4n) is 5.71. The molecule has 0 bridgehead atoms. The average molecular weight is 445 g/mol. The molecule has 9 heteroatoms. The smallest absolute Gasteiger partial charge is 0.243 e. The SMILES string of the molecule is C.C1CN[P+](N=P(N2CCCC2)(N2CCCC2)N2CCCC2)(N2CCCC2)NC1. The Hall–Kier alpha value is 0.420. The summed E-state index contributed by atoms with van der Waals surface area (Å²) in [5, 5.41) is 8.01. The van der Waals surface area contributed by atoms with E-state index in [4.69, 9.17) is 4.52 Å². The van der Waals surface area contributed by atoms with Gasteiger partial charge < -0.3 is 0 Å². The zero-order valence-corrected chi connectivity index (χ0v) is 19.4. The highest BCUT2D eigenvalue weighted by molar-refractivity contribution is 7.76. The van der Waals surface area contributed by atoms with Crippen molar-refractivity contribution in [3.8, 4) is 0 Å². The molecule has 0 aromatic rings. The predicted octanol–water partition coefficient (Wildman–Crippen LogP) is 4.21. The molecule has 5 aliphatic rings. The maximum atomic E-state index is 6.13. The molecule has 0 aromatic heterocycles. The van der Waals surface area contributed by atoms with Gasteiger partial charge in [-0.2, -0.15) is 0 Å². The normalized spacial score (nSPS) is 30.1. The molecule has 5 heterocycles. The quantitative estimate of drug-likeness (QED) is 0.620. The number of nitrogens with one attached hydrogen (secondary N) is 2. The van der Waals surface area contributed by atoms with Crippen molar-refractivity contribution in [3.05, 3.63) is 0 Å². The summed E-state index contributed by atoms with van der Waals surface area (Å²) in [7, 11) is -3.65. The lowest BCUT2D eigenvalue weighted by molar-refractivity contribution is 0.384. The van der Waals surface area contributed by atoms with Gasteiger partial charge in [0.2, 0.25) is 7.51 Å². The standard InChI is InChI=1S/C19H40N7P2.CH4/c1-2-13-23(12-1)27(20-10-9-11-21-27)22-28(24-14-3-4-15-24,25-16-5-6-17-25)26-18-7-8-19-26;/h20-21H,1-19H2;1H4/q+1;. The Labute approximate surface area is 179 Å². The summed E-state index contributed by atoms with van der Waals surface area (Å²) in [5.74, 6) is 0. The summed E-state index contributed by atoms with van der Waals surface area (Å²) < 4.78 is 17.5. The molecular weight excluding hydrogens is 400 g/mol. The van der Waals surface area contributed by atoms with Gasteiger partial charge in [-0.1, -0.05) is 7.43 Å². The second-order valence-corrected chi connectivity index (χ2v) is 14.9. The van der Waals surface area contributed by atoms with Crippen LogP contribution in [0.1, 0.15) is 65.2 Å². The topological polar surface area (TPSA) is 49.4 Å². The summed E-state index contributed by atoms with van der Waals surface area (Å²) >= 11 is 0. The first kappa shape index (κ1) is 22.6. The fraction of sp³-hybridized carbons (Fsp3) is 1.00. The molecule has 168 valence electrons. The zero-order chi connectivity index (χ0) is 18.9. The summed E-state index contributed by atoms with van der Waals surface area (Å²) in [6, 6.07) is 0. The van der Waals surface area contributed by atoms with Crippen molar-refractivity contribution in [1.29, 1.82) is 0 Å². The van der Waals surface area contributed by atoms with E-state index in [1.165, 1.54) is 110 Å². The molecule has 0 aliphatic carbocycles. The molecule has 0 aromatic carbocycles. The molecule has 0 radical (unpaired) electrons. The molecule has 29 heavy (non-hydrogen) atoms. The molecule has 5 rings (SSSR count). The molecule has 7 nitrogen and oxygen atoms in total. The highest BCUT2D eigenvalue weighted by Crippen LogP contribution is 2.72. The molecule has 2 N–H and O–H groups in total. The number of hydrogen-bond acceptors (Lipinski definition) is 4. The molecule has 0 saturated carbocycles. The van der Waals surface area contributed by atoms with E-state index in [9.17, 15) is 0 Å². The highest BCUT2D eigenvalue weighted by atomic mass is 31.2. The van der Waals surface area contributed by atoms with Crippen LogP contribution in [-0.4, -0.2) is 84.1 Å². The van der Waals surface area contributed by atoms with E-state index in [2.05, 4.69) is 28.9 Å². The summed E-state index contributed by atoms with van der Waals surface area (Å²) in [5.41, 5.74) is 0. The third kappa shape index (κ3) is 4.24. The van der Waals surface area contributed by atoms with Crippen molar-refractivity contribution in [3.63, 3.8) is 0 Å². The van der Waals surface area contributed by atoms with Crippen LogP contribution in [0.2, 0.25) is 0 Å². The van der Waals surface area contributed by atoms with Gasteiger partial charge in [0.25, 0.3) is 0 Å². The van der Waals surface area contributed by atoms with Crippen molar-refractivity contribution in [2.75, 3.05) is 65.4 Å². The number of hydrogen-bond donors (Lipinski definition) is 2. The van der Waals surface area contributed by atoms with Gasteiger partial charge in [-0.05, 0) is 62.3 Å². The summed E-state index contributed by atoms with van der Waals surface area (Å²) in [6.07, 6.45) is 12.0. The fourth-order valence-corrected chi connectivity index (χ4v) is 15.3. The predicted molar refractivity (Wildman–Crippen MR) is 127 cm³/mol. The van der Waals surface area contributed by atoms with Crippen LogP contribution in [0.25, 0.3) is 0 Å². The first-order valence-corrected chi connectivity index (χ1v) is 15.2. The monoisotopic (exact) mass is 444 g/mol. The summed E-state index contributed by atoms with van der Waals surface area (Å²) in [6.45, 7) is 12.2. The lowest BCUT2D eigenvalue weighted by Crippen LogP contribution is -2.45. The van der Waals surface area contributed by atoms with Gasteiger partial charge in [0.15, 0.2) is 0 Å². The minimum absolute atomic E-state index is 0. The van der Waals surface area contributed by atoms with Crippen LogP contribution in [-0.2, 0) is 0 Å². The van der Waals surface area contributed by atoms with E-state index in [1.54, 1.807) is 0 Å². The van der Waals surface area contributed by atoms with Gasteiger partial charge in [0, 0.05) is 65.4 Å². The van der Waals surface area contributed by atoms with Crippen molar-refractivity contribution in [2.45, 2.75) is 65.2 Å². The first-order chi connectivity index (χ1) is 13.8. The van der Waals surface area contributed by atoms with Crippen LogP contribution in [0.5, 0.6) is 0 Å². The van der Waals surface area contributed by atoms with Crippen LogP contribution in [0, 0.1) is 0 Å². The Kier molecular flexibility index (Phi) is 7.73. The molecule has 0 amide bonds. The van der Waals surface area contributed by atoms with Gasteiger partial charge in [-0.15, -0.1) is 14.8 Å². The second kappa shape index (κ2) is 9.92.